The first-order valence-corrected chi connectivity index (χ1v) is 18.8. The minimum atomic E-state index is -3.78. The lowest BCUT2D eigenvalue weighted by Crippen LogP contribution is -2.48. The normalized spacial score (nSPS) is 22.7. The number of rotatable bonds is 8. The number of aliphatic hydroxyl groups excluding tert-OH is 1. The first-order chi connectivity index (χ1) is 22.9. The number of nitrogens with one attached hydrogen (secondary N) is 2. The molecule has 4 atom stereocenters. The minimum absolute atomic E-state index is 0.0905. The third kappa shape index (κ3) is 10.2. The molecule has 0 spiro atoms. The van der Waals surface area contributed by atoms with Crippen LogP contribution in [0.4, 0.5) is 10.5 Å². The smallest absolute Gasteiger partial charge is 0.319 e. The fraction of sp³-hybridized carbons (Fsp3) is 0.611. The van der Waals surface area contributed by atoms with E-state index in [1.165, 1.54) is 10.7 Å². The maximum Gasteiger partial charge on any atom is 0.319 e. The van der Waals surface area contributed by atoms with Crippen LogP contribution in [0.25, 0.3) is 0 Å². The number of carbonyl (C=O) groups is 2. The predicted octanol–water partition coefficient (Wildman–Crippen LogP) is 5.57. The highest BCUT2D eigenvalue weighted by atomic mass is 32.2. The molecule has 266 valence electrons. The Kier molecular flexibility index (Phi) is 13.7. The van der Waals surface area contributed by atoms with Crippen LogP contribution in [-0.4, -0.2) is 92.3 Å². The summed E-state index contributed by atoms with van der Waals surface area (Å²) in [6.45, 7) is 7.99. The molecule has 2 aromatic rings. The van der Waals surface area contributed by atoms with Crippen LogP contribution in [-0.2, 0) is 14.8 Å². The summed E-state index contributed by atoms with van der Waals surface area (Å²) < 4.78 is 40.9. The van der Waals surface area contributed by atoms with E-state index in [1.807, 2.05) is 20.8 Å². The summed E-state index contributed by atoms with van der Waals surface area (Å²) in [5.41, 5.74) is 1.70. The Hall–Kier alpha value is -3.19. The number of amides is 3. The Bertz CT molecular complexity index is 1460. The number of sulfonamides is 1. The second-order valence-corrected chi connectivity index (χ2v) is 15.6. The van der Waals surface area contributed by atoms with Crippen molar-refractivity contribution in [2.75, 3.05) is 38.7 Å². The second kappa shape index (κ2) is 17.5. The third-order valence-corrected chi connectivity index (χ3v) is 11.3. The van der Waals surface area contributed by atoms with Crippen molar-refractivity contribution in [1.82, 2.24) is 14.5 Å². The third-order valence-electron chi connectivity index (χ3n) is 9.42. The number of carbonyl (C=O) groups excluding carboxylic acids is 2. The molecule has 11 nitrogen and oxygen atoms in total. The SMILES string of the molecule is Cc1ccc(S(=O)(=O)N(C)C[C@@H]2OCCCC[C@H](C)Oc3ccc(NC(=O)NC4CCCCC4)cc3C(=O)N([C@H](C)CO)C[C@@H]2C)cc1. The van der Waals surface area contributed by atoms with E-state index in [-0.39, 0.29) is 60.2 Å². The number of hydrogen-bond acceptors (Lipinski definition) is 7. The summed E-state index contributed by atoms with van der Waals surface area (Å²) in [5.74, 6) is -0.256. The van der Waals surface area contributed by atoms with E-state index in [9.17, 15) is 23.1 Å². The van der Waals surface area contributed by atoms with Gasteiger partial charge < -0.3 is 30.1 Å². The van der Waals surface area contributed by atoms with Gasteiger partial charge in [0.25, 0.3) is 5.91 Å². The van der Waals surface area contributed by atoms with Crippen LogP contribution in [0.1, 0.15) is 88.1 Å². The van der Waals surface area contributed by atoms with Gasteiger partial charge in [-0.25, -0.2) is 13.2 Å². The van der Waals surface area contributed by atoms with Crippen LogP contribution >= 0.6 is 0 Å². The van der Waals surface area contributed by atoms with E-state index in [1.54, 1.807) is 61.3 Å². The summed E-state index contributed by atoms with van der Waals surface area (Å²) in [4.78, 5) is 29.0. The van der Waals surface area contributed by atoms with Crippen molar-refractivity contribution in [1.29, 1.82) is 0 Å². The van der Waals surface area contributed by atoms with Crippen molar-refractivity contribution in [3.8, 4) is 5.75 Å². The topological polar surface area (TPSA) is 138 Å². The Morgan fingerprint density at radius 2 is 1.73 bits per heavy atom. The van der Waals surface area contributed by atoms with E-state index in [0.29, 0.717) is 18.0 Å². The minimum Gasteiger partial charge on any atom is -0.490 e. The number of likely N-dealkylation sites (N-methyl/N-ethyl adjacent to an activating group) is 1. The van der Waals surface area contributed by atoms with Crippen LogP contribution in [0.5, 0.6) is 5.75 Å². The highest BCUT2D eigenvalue weighted by molar-refractivity contribution is 7.89. The zero-order valence-corrected chi connectivity index (χ0v) is 29.9. The Morgan fingerprint density at radius 1 is 1.04 bits per heavy atom. The maximum absolute atomic E-state index is 14.4. The summed E-state index contributed by atoms with van der Waals surface area (Å²) in [6, 6.07) is 11.1. The van der Waals surface area contributed by atoms with Crippen molar-refractivity contribution in [2.24, 2.45) is 5.92 Å². The van der Waals surface area contributed by atoms with Crippen molar-refractivity contribution >= 4 is 27.6 Å². The molecule has 0 radical (unpaired) electrons. The molecule has 0 unspecified atom stereocenters. The summed E-state index contributed by atoms with van der Waals surface area (Å²) in [5, 5.41) is 16.2. The summed E-state index contributed by atoms with van der Waals surface area (Å²) >= 11 is 0. The molecule has 0 aromatic heterocycles. The van der Waals surface area contributed by atoms with Gasteiger partial charge in [-0.2, -0.15) is 4.31 Å². The average Bonchev–Trinajstić information content (AvgIpc) is 3.06. The van der Waals surface area contributed by atoms with Gasteiger partial charge in [-0.15, -0.1) is 0 Å². The molecule has 1 aliphatic heterocycles. The van der Waals surface area contributed by atoms with E-state index in [2.05, 4.69) is 10.6 Å². The first kappa shape index (κ1) is 37.6. The van der Waals surface area contributed by atoms with Crippen molar-refractivity contribution < 1.29 is 32.6 Å². The van der Waals surface area contributed by atoms with Crippen LogP contribution in [0.3, 0.4) is 0 Å². The van der Waals surface area contributed by atoms with Gasteiger partial charge in [0.05, 0.1) is 35.3 Å². The number of fused-ring (bicyclic) bond motifs is 1. The predicted molar refractivity (Wildman–Crippen MR) is 187 cm³/mol. The molecule has 1 heterocycles. The van der Waals surface area contributed by atoms with Crippen LogP contribution in [0.2, 0.25) is 0 Å². The molecule has 1 aliphatic carbocycles. The lowest BCUT2D eigenvalue weighted by atomic mass is 9.96. The molecule has 3 N–H and O–H groups in total. The Morgan fingerprint density at radius 3 is 2.42 bits per heavy atom. The zero-order chi connectivity index (χ0) is 34.8. The van der Waals surface area contributed by atoms with Crippen molar-refractivity contribution in [3.63, 3.8) is 0 Å². The van der Waals surface area contributed by atoms with Crippen LogP contribution in [0, 0.1) is 12.8 Å². The van der Waals surface area contributed by atoms with E-state index < -0.39 is 22.2 Å². The van der Waals surface area contributed by atoms with Crippen molar-refractivity contribution in [2.45, 2.75) is 108 Å². The van der Waals surface area contributed by atoms with Gasteiger partial charge in [0, 0.05) is 44.4 Å². The lowest BCUT2D eigenvalue weighted by Gasteiger charge is -2.35. The monoisotopic (exact) mass is 686 g/mol. The second-order valence-electron chi connectivity index (χ2n) is 13.5. The number of aryl methyl sites for hydroxylation is 1. The highest BCUT2D eigenvalue weighted by Crippen LogP contribution is 2.29. The van der Waals surface area contributed by atoms with Gasteiger partial charge >= 0.3 is 6.03 Å². The summed E-state index contributed by atoms with van der Waals surface area (Å²) in [7, 11) is -2.23. The average molecular weight is 687 g/mol. The van der Waals surface area contributed by atoms with Gasteiger partial charge in [-0.3, -0.25) is 4.79 Å². The molecular formula is C36H54N4O7S. The standard InChI is InChI=1S/C36H54N4O7S/c1-25-14-17-31(18-15-25)48(44,45)39(5)23-34-26(2)22-40(27(3)24-41)35(42)32-21-30(38-36(43)37-29-12-7-6-8-13-29)16-19-33(32)47-28(4)11-9-10-20-46-34/h14-19,21,26-29,34,41H,6-13,20,22-24H2,1-5H3,(H2,37,38,43)/t26-,27+,28-,34-/m0/s1. The Labute approximate surface area is 286 Å². The lowest BCUT2D eigenvalue weighted by molar-refractivity contribution is -0.00833. The molecule has 48 heavy (non-hydrogen) atoms. The molecule has 2 aliphatic rings. The quantitative estimate of drug-likeness (QED) is 0.331. The fourth-order valence-corrected chi connectivity index (χ4v) is 7.49. The molecule has 1 fully saturated rings. The number of anilines is 1. The molecule has 1 saturated carbocycles. The molecule has 12 heteroatoms. The number of nitrogens with zero attached hydrogens (tertiary/aromatic N) is 2. The molecular weight excluding hydrogens is 632 g/mol. The Balaban J connectivity index is 1.60. The van der Waals surface area contributed by atoms with Gasteiger partial charge in [-0.05, 0) is 83.2 Å². The maximum atomic E-state index is 14.4. The molecule has 0 bridgehead atoms. The summed E-state index contributed by atoms with van der Waals surface area (Å²) in [6.07, 6.45) is 6.85. The van der Waals surface area contributed by atoms with Gasteiger partial charge in [0.2, 0.25) is 10.0 Å². The molecule has 0 saturated heterocycles. The zero-order valence-electron chi connectivity index (χ0n) is 29.1. The molecule has 2 aromatic carbocycles. The van der Waals surface area contributed by atoms with Crippen LogP contribution < -0.4 is 15.4 Å². The number of aliphatic hydroxyl groups is 1. The number of urea groups is 1. The highest BCUT2D eigenvalue weighted by Gasteiger charge is 2.32. The van der Waals surface area contributed by atoms with Crippen LogP contribution in [0.15, 0.2) is 47.4 Å². The molecule has 4 rings (SSSR count). The number of ether oxygens (including phenoxy) is 2. The number of hydrogen-bond donors (Lipinski definition) is 3. The van der Waals surface area contributed by atoms with E-state index >= 15 is 0 Å². The first-order valence-electron chi connectivity index (χ1n) is 17.3. The van der Waals surface area contributed by atoms with Gasteiger partial charge in [-0.1, -0.05) is 43.9 Å². The fourth-order valence-electron chi connectivity index (χ4n) is 6.30. The molecule has 3 amide bonds. The number of benzene rings is 2. The van der Waals surface area contributed by atoms with E-state index in [0.717, 1.165) is 50.5 Å². The van der Waals surface area contributed by atoms with Gasteiger partial charge in [0.1, 0.15) is 5.75 Å². The largest absolute Gasteiger partial charge is 0.490 e. The van der Waals surface area contributed by atoms with Crippen molar-refractivity contribution in [3.05, 3.63) is 53.6 Å². The van der Waals surface area contributed by atoms with Gasteiger partial charge in [0.15, 0.2) is 0 Å². The van der Waals surface area contributed by atoms with E-state index in [4.69, 9.17) is 9.47 Å².